The van der Waals surface area contributed by atoms with Crippen LogP contribution < -0.4 is 19.5 Å². The van der Waals surface area contributed by atoms with Crippen LogP contribution >= 0.6 is 15.9 Å². The molecule has 0 spiro atoms. The van der Waals surface area contributed by atoms with Gasteiger partial charge in [0, 0.05) is 21.8 Å². The van der Waals surface area contributed by atoms with E-state index in [9.17, 15) is 13.2 Å². The fraction of sp³-hybridized carbons (Fsp3) is 0.192. The fourth-order valence-electron chi connectivity index (χ4n) is 5.11. The highest BCUT2D eigenvalue weighted by Crippen LogP contribution is 2.52. The van der Waals surface area contributed by atoms with Gasteiger partial charge in [0.2, 0.25) is 6.79 Å². The summed E-state index contributed by atoms with van der Waals surface area (Å²) in [5, 5.41) is 12.7. The van der Waals surface area contributed by atoms with Crippen molar-refractivity contribution in [3.05, 3.63) is 87.9 Å². The van der Waals surface area contributed by atoms with E-state index in [0.29, 0.717) is 17.2 Å². The summed E-state index contributed by atoms with van der Waals surface area (Å²) in [6, 6.07) is 14.6. The summed E-state index contributed by atoms with van der Waals surface area (Å²) >= 11 is 3.69. The van der Waals surface area contributed by atoms with Gasteiger partial charge in [-0.05, 0) is 78.1 Å². The summed E-state index contributed by atoms with van der Waals surface area (Å²) in [6.45, 7) is 0.203. The van der Waals surface area contributed by atoms with E-state index < -0.39 is 16.0 Å². The van der Waals surface area contributed by atoms with Gasteiger partial charge in [-0.25, -0.2) is 13.2 Å². The van der Waals surface area contributed by atoms with Gasteiger partial charge in [0.05, 0.1) is 16.5 Å². The quantitative estimate of drug-likeness (QED) is 0.348. The summed E-state index contributed by atoms with van der Waals surface area (Å²) < 4.78 is 40.8. The fourth-order valence-corrected chi connectivity index (χ4v) is 6.78. The lowest BCUT2D eigenvalue weighted by molar-refractivity contribution is 0.0697. The number of nitrogens with one attached hydrogen (secondary N) is 2. The van der Waals surface area contributed by atoms with Crippen molar-refractivity contribution in [2.24, 2.45) is 5.92 Å². The first-order valence-electron chi connectivity index (χ1n) is 11.3. The van der Waals surface area contributed by atoms with Crippen molar-refractivity contribution in [2.75, 3.05) is 16.8 Å². The third-order valence-corrected chi connectivity index (χ3v) is 8.92. The Labute approximate surface area is 216 Å². The average molecular weight is 569 g/mol. The van der Waals surface area contributed by atoms with E-state index in [1.165, 1.54) is 24.3 Å². The summed E-state index contributed by atoms with van der Waals surface area (Å²) in [7, 11) is -3.88. The number of aromatic carboxylic acids is 1. The molecule has 3 atom stereocenters. The molecule has 0 bridgehead atoms. The maximum Gasteiger partial charge on any atom is 0.335 e. The van der Waals surface area contributed by atoms with Crippen LogP contribution in [-0.2, 0) is 10.0 Å². The predicted molar refractivity (Wildman–Crippen MR) is 137 cm³/mol. The van der Waals surface area contributed by atoms with Gasteiger partial charge in [-0.3, -0.25) is 4.72 Å². The molecule has 0 unspecified atom stereocenters. The van der Waals surface area contributed by atoms with Crippen molar-refractivity contribution in [1.82, 2.24) is 0 Å². The molecule has 8 nitrogen and oxygen atoms in total. The molecule has 3 aromatic rings. The molecule has 0 radical (unpaired) electrons. The summed E-state index contributed by atoms with van der Waals surface area (Å²) in [4.78, 5) is 11.2. The van der Waals surface area contributed by atoms with Gasteiger partial charge >= 0.3 is 5.97 Å². The van der Waals surface area contributed by atoms with E-state index in [1.807, 2.05) is 12.1 Å². The molecule has 0 saturated heterocycles. The molecule has 0 fully saturated rings. The lowest BCUT2D eigenvalue weighted by Gasteiger charge is -2.38. The number of allylic oxidation sites excluding steroid dienone is 2. The number of halogens is 1. The van der Waals surface area contributed by atoms with E-state index in [1.54, 1.807) is 18.2 Å². The smallest absolute Gasteiger partial charge is 0.335 e. The normalized spacial score (nSPS) is 21.4. The number of anilines is 2. The van der Waals surface area contributed by atoms with Crippen LogP contribution in [0.5, 0.6) is 11.5 Å². The van der Waals surface area contributed by atoms with Crippen LogP contribution in [0, 0.1) is 5.92 Å². The molecule has 1 aliphatic carbocycles. The molecule has 3 aliphatic rings. The minimum absolute atomic E-state index is 0.00490. The number of carboxylic acid groups (broad SMARTS) is 1. The van der Waals surface area contributed by atoms with Crippen LogP contribution in [0.1, 0.15) is 39.9 Å². The number of sulfonamides is 1. The molecule has 2 heterocycles. The highest BCUT2D eigenvalue weighted by molar-refractivity contribution is 9.10. The SMILES string of the molecule is O=C(O)c1ccc(NS(=O)(=O)c2ccc3c(c2)[C@H]2C=CC[C@H]2[C@@H](c2cc4c(cc2Br)OCO4)N3)cc1. The molecular formula is C26H21BrN2O6S. The zero-order chi connectivity index (χ0) is 25.0. The largest absolute Gasteiger partial charge is 0.478 e. The molecule has 0 amide bonds. The molecule has 0 aromatic heterocycles. The number of fused-ring (bicyclic) bond motifs is 4. The third-order valence-electron chi connectivity index (χ3n) is 6.86. The summed E-state index contributed by atoms with van der Waals surface area (Å²) in [5.41, 5.74) is 3.24. The highest BCUT2D eigenvalue weighted by Gasteiger charge is 2.39. The second kappa shape index (κ2) is 8.56. The van der Waals surface area contributed by atoms with Crippen molar-refractivity contribution in [1.29, 1.82) is 0 Å². The maximum absolute atomic E-state index is 13.1. The van der Waals surface area contributed by atoms with Crippen LogP contribution in [0.25, 0.3) is 0 Å². The Morgan fingerprint density at radius 1 is 1.03 bits per heavy atom. The topological polar surface area (TPSA) is 114 Å². The first-order chi connectivity index (χ1) is 17.3. The zero-order valence-electron chi connectivity index (χ0n) is 18.8. The van der Waals surface area contributed by atoms with Gasteiger partial charge in [0.1, 0.15) is 0 Å². The van der Waals surface area contributed by atoms with Crippen molar-refractivity contribution in [2.45, 2.75) is 23.3 Å². The van der Waals surface area contributed by atoms with E-state index in [4.69, 9.17) is 14.6 Å². The molecule has 36 heavy (non-hydrogen) atoms. The second-order valence-electron chi connectivity index (χ2n) is 8.94. The first-order valence-corrected chi connectivity index (χ1v) is 13.6. The number of ether oxygens (including phenoxy) is 2. The minimum Gasteiger partial charge on any atom is -0.478 e. The van der Waals surface area contributed by atoms with Gasteiger partial charge < -0.3 is 19.9 Å². The second-order valence-corrected chi connectivity index (χ2v) is 11.5. The molecule has 2 aliphatic heterocycles. The lowest BCUT2D eigenvalue weighted by atomic mass is 9.77. The average Bonchev–Trinajstić information content (AvgIpc) is 3.52. The zero-order valence-corrected chi connectivity index (χ0v) is 21.2. The number of hydrogen-bond acceptors (Lipinski definition) is 6. The van der Waals surface area contributed by atoms with Gasteiger partial charge in [0.15, 0.2) is 11.5 Å². The molecule has 3 aromatic carbocycles. The molecule has 3 N–H and O–H groups in total. The van der Waals surface area contributed by atoms with Crippen LogP contribution in [0.3, 0.4) is 0 Å². The molecule has 184 valence electrons. The molecule has 0 saturated carbocycles. The van der Waals surface area contributed by atoms with E-state index >= 15 is 0 Å². The van der Waals surface area contributed by atoms with E-state index in [2.05, 4.69) is 38.1 Å². The maximum atomic E-state index is 13.1. The number of carbonyl (C=O) groups is 1. The van der Waals surface area contributed by atoms with Crippen LogP contribution in [-0.4, -0.2) is 26.3 Å². The Bertz CT molecular complexity index is 1520. The van der Waals surface area contributed by atoms with Crippen LogP contribution in [0.4, 0.5) is 11.4 Å². The Morgan fingerprint density at radius 3 is 2.53 bits per heavy atom. The summed E-state index contributed by atoms with van der Waals surface area (Å²) in [5.74, 6) is 0.601. The van der Waals surface area contributed by atoms with Crippen LogP contribution in [0.15, 0.2) is 76.1 Å². The number of carboxylic acids is 1. The Morgan fingerprint density at radius 2 is 1.78 bits per heavy atom. The number of benzene rings is 3. The van der Waals surface area contributed by atoms with E-state index in [0.717, 1.165) is 27.7 Å². The van der Waals surface area contributed by atoms with Gasteiger partial charge in [-0.1, -0.05) is 28.1 Å². The van der Waals surface area contributed by atoms with Crippen LogP contribution in [0.2, 0.25) is 0 Å². The van der Waals surface area contributed by atoms with Gasteiger partial charge in [0.25, 0.3) is 10.0 Å². The minimum atomic E-state index is -3.88. The van der Waals surface area contributed by atoms with Crippen molar-refractivity contribution >= 4 is 43.3 Å². The molecular weight excluding hydrogens is 548 g/mol. The predicted octanol–water partition coefficient (Wildman–Crippen LogP) is 5.50. The number of rotatable bonds is 5. The highest BCUT2D eigenvalue weighted by atomic mass is 79.9. The Kier molecular flexibility index (Phi) is 5.45. The Balaban J connectivity index is 1.32. The summed E-state index contributed by atoms with van der Waals surface area (Å²) in [6.07, 6.45) is 5.14. The lowest BCUT2D eigenvalue weighted by Crippen LogP contribution is -2.29. The van der Waals surface area contributed by atoms with Gasteiger partial charge in [-0.2, -0.15) is 0 Å². The van der Waals surface area contributed by atoms with Crippen molar-refractivity contribution in [3.63, 3.8) is 0 Å². The monoisotopic (exact) mass is 568 g/mol. The third kappa shape index (κ3) is 3.90. The van der Waals surface area contributed by atoms with Crippen molar-refractivity contribution < 1.29 is 27.8 Å². The van der Waals surface area contributed by atoms with E-state index in [-0.39, 0.29) is 35.1 Å². The molecule has 10 heteroatoms. The van der Waals surface area contributed by atoms with Crippen molar-refractivity contribution in [3.8, 4) is 11.5 Å². The van der Waals surface area contributed by atoms with Gasteiger partial charge in [-0.15, -0.1) is 0 Å². The molecule has 6 rings (SSSR count). The first kappa shape index (κ1) is 22.9. The Hall–Kier alpha value is -3.50. The standard InChI is InChI=1S/C26H21BrN2O6S/c27-21-12-24-23(34-13-35-24)11-20(21)25-18-3-1-2-17(18)19-10-16(8-9-22(19)28-25)36(32,33)29-15-6-4-14(5-7-15)26(30)31/h1-2,4-12,17-18,25,28-29H,3,13H2,(H,30,31)/t17-,18+,25-/m0/s1. The number of hydrogen-bond donors (Lipinski definition) is 3.